The summed E-state index contributed by atoms with van der Waals surface area (Å²) in [7, 11) is 0. The molecule has 0 radical (unpaired) electrons. The van der Waals surface area contributed by atoms with Gasteiger partial charge in [0.05, 0.1) is 5.69 Å². The molecule has 0 spiro atoms. The summed E-state index contributed by atoms with van der Waals surface area (Å²) in [5.74, 6) is -4.57. The summed E-state index contributed by atoms with van der Waals surface area (Å²) >= 11 is 0. The summed E-state index contributed by atoms with van der Waals surface area (Å²) in [6.45, 7) is 11.0. The number of nitrogens with zero attached hydrogens (tertiary/aromatic N) is 1. The second-order valence-corrected chi connectivity index (χ2v) is 9.77. The molecule has 0 aromatic heterocycles. The zero-order chi connectivity index (χ0) is 25.9. The zero-order valence-corrected chi connectivity index (χ0v) is 21.5. The van der Waals surface area contributed by atoms with Crippen LogP contribution < -0.4 is 4.90 Å². The van der Waals surface area contributed by atoms with Crippen LogP contribution in [0.2, 0.25) is 0 Å². The van der Waals surface area contributed by atoms with Gasteiger partial charge in [-0.15, -0.1) is 0 Å². The number of hydrogen-bond acceptors (Lipinski definition) is 1. The molecule has 198 valence electrons. The quantitative estimate of drug-likeness (QED) is 0.163. The molecule has 0 aliphatic carbocycles. The first-order valence-electron chi connectivity index (χ1n) is 13.0. The summed E-state index contributed by atoms with van der Waals surface area (Å²) in [4.78, 5) is 1.51. The van der Waals surface area contributed by atoms with Gasteiger partial charge in [0.1, 0.15) is 5.56 Å². The van der Waals surface area contributed by atoms with Crippen LogP contribution in [-0.2, 0) is 6.18 Å². The maximum atomic E-state index is 15.0. The Morgan fingerprint density at radius 3 is 1.94 bits per heavy atom. The van der Waals surface area contributed by atoms with Crippen molar-refractivity contribution in [1.82, 2.24) is 0 Å². The zero-order valence-electron chi connectivity index (χ0n) is 21.5. The fourth-order valence-electron chi connectivity index (χ4n) is 4.71. The van der Waals surface area contributed by atoms with Crippen LogP contribution in [0.15, 0.2) is 6.07 Å². The molecule has 0 amide bonds. The smallest absolute Gasteiger partial charge is 0.369 e. The molecule has 34 heavy (non-hydrogen) atoms. The second-order valence-electron chi connectivity index (χ2n) is 9.77. The Labute approximate surface area is 202 Å². The summed E-state index contributed by atoms with van der Waals surface area (Å²) in [5, 5.41) is 0. The van der Waals surface area contributed by atoms with Crippen molar-refractivity contribution in [1.29, 1.82) is 0 Å². The molecule has 1 rings (SSSR count). The molecule has 0 aliphatic rings. The Balaban J connectivity index is 3.21. The lowest BCUT2D eigenvalue weighted by atomic mass is 9.91. The Bertz CT molecular complexity index is 718. The van der Waals surface area contributed by atoms with Crippen molar-refractivity contribution < 1.29 is 26.3 Å². The number of unbranched alkanes of at least 4 members (excludes halogenated alkanes) is 1. The average molecular weight is 496 g/mol. The van der Waals surface area contributed by atoms with E-state index >= 15 is 4.39 Å². The molecule has 0 heterocycles. The highest BCUT2D eigenvalue weighted by Crippen LogP contribution is 2.39. The molecule has 0 bridgehead atoms. The Morgan fingerprint density at radius 1 is 0.794 bits per heavy atom. The van der Waals surface area contributed by atoms with Gasteiger partial charge >= 0.3 is 6.18 Å². The van der Waals surface area contributed by atoms with Gasteiger partial charge in [-0.3, -0.25) is 0 Å². The topological polar surface area (TPSA) is 3.24 Å². The van der Waals surface area contributed by atoms with Crippen LogP contribution in [0.3, 0.4) is 0 Å². The van der Waals surface area contributed by atoms with E-state index < -0.39 is 34.9 Å². The molecule has 1 nitrogen and oxygen atoms in total. The minimum Gasteiger partial charge on any atom is -0.369 e. The lowest BCUT2D eigenvalue weighted by Gasteiger charge is -2.31. The highest BCUT2D eigenvalue weighted by atomic mass is 19.4. The molecule has 1 aromatic carbocycles. The van der Waals surface area contributed by atoms with Crippen LogP contribution in [0.25, 0.3) is 0 Å². The molecule has 0 saturated heterocycles. The van der Waals surface area contributed by atoms with E-state index in [1.165, 1.54) is 4.90 Å². The van der Waals surface area contributed by atoms with Gasteiger partial charge < -0.3 is 4.90 Å². The van der Waals surface area contributed by atoms with E-state index in [4.69, 9.17) is 0 Å². The van der Waals surface area contributed by atoms with Crippen LogP contribution in [0.4, 0.5) is 32.0 Å². The summed E-state index contributed by atoms with van der Waals surface area (Å²) in [5.41, 5.74) is -2.64. The molecule has 0 saturated carbocycles. The molecule has 7 heteroatoms. The predicted molar refractivity (Wildman–Crippen MR) is 129 cm³/mol. The number of alkyl halides is 3. The first-order chi connectivity index (χ1) is 16.0. The fraction of sp³-hybridized carbons (Fsp3) is 0.778. The average Bonchev–Trinajstić information content (AvgIpc) is 2.77. The molecular formula is C27H43F6N. The second kappa shape index (κ2) is 14.9. The number of rotatable bonds is 16. The highest BCUT2D eigenvalue weighted by Gasteiger charge is 2.41. The van der Waals surface area contributed by atoms with Gasteiger partial charge in [-0.25, -0.2) is 13.2 Å². The first kappa shape index (κ1) is 30.6. The van der Waals surface area contributed by atoms with E-state index in [-0.39, 0.29) is 5.92 Å². The largest absolute Gasteiger partial charge is 0.422 e. The standard InChI is InChI=1S/C27H43F6N/c1-6-10-12-21(9-4)15-16-34(18-19(5)13-14-20(8-3)11-7-2)23-17-22(28)25(29)24(26(23)30)27(31,32)33/h17,19-21H,6-16,18H2,1-5H3. The lowest BCUT2D eigenvalue weighted by molar-refractivity contribution is -0.142. The number of halogens is 6. The molecule has 0 N–H and O–H groups in total. The van der Waals surface area contributed by atoms with E-state index in [9.17, 15) is 22.0 Å². The fourth-order valence-corrected chi connectivity index (χ4v) is 4.71. The van der Waals surface area contributed by atoms with E-state index in [1.54, 1.807) is 0 Å². The van der Waals surface area contributed by atoms with Gasteiger partial charge in [-0.1, -0.05) is 86.0 Å². The Kier molecular flexibility index (Phi) is 13.4. The molecule has 3 atom stereocenters. The van der Waals surface area contributed by atoms with E-state index in [0.717, 1.165) is 57.8 Å². The maximum Gasteiger partial charge on any atom is 0.422 e. The summed E-state index contributed by atoms with van der Waals surface area (Å²) in [6.07, 6.45) is 4.44. The number of benzene rings is 1. The van der Waals surface area contributed by atoms with Gasteiger partial charge in [-0.2, -0.15) is 13.2 Å². The third-order valence-electron chi connectivity index (χ3n) is 6.99. The minimum absolute atomic E-state index is 0.0727. The van der Waals surface area contributed by atoms with Gasteiger partial charge in [0.25, 0.3) is 0 Å². The van der Waals surface area contributed by atoms with Crippen molar-refractivity contribution in [2.75, 3.05) is 18.0 Å². The van der Waals surface area contributed by atoms with Crippen molar-refractivity contribution in [3.63, 3.8) is 0 Å². The van der Waals surface area contributed by atoms with Gasteiger partial charge in [0, 0.05) is 19.2 Å². The molecule has 3 unspecified atom stereocenters. The van der Waals surface area contributed by atoms with Crippen LogP contribution in [0, 0.1) is 35.2 Å². The van der Waals surface area contributed by atoms with Crippen molar-refractivity contribution in [3.8, 4) is 0 Å². The van der Waals surface area contributed by atoms with Crippen LogP contribution in [0.1, 0.15) is 104 Å². The van der Waals surface area contributed by atoms with E-state index in [2.05, 4.69) is 27.7 Å². The third kappa shape index (κ3) is 9.33. The SMILES string of the molecule is CCCCC(CC)CCN(CC(C)CCC(CC)CCC)c1cc(F)c(F)c(C(F)(F)F)c1F. The van der Waals surface area contributed by atoms with Crippen molar-refractivity contribution in [2.45, 2.75) is 105 Å². The van der Waals surface area contributed by atoms with Gasteiger partial charge in [0.2, 0.25) is 0 Å². The Morgan fingerprint density at radius 2 is 1.41 bits per heavy atom. The highest BCUT2D eigenvalue weighted by molar-refractivity contribution is 5.52. The van der Waals surface area contributed by atoms with Crippen LogP contribution in [-0.4, -0.2) is 13.1 Å². The Hall–Kier alpha value is -1.40. The van der Waals surface area contributed by atoms with Crippen molar-refractivity contribution in [3.05, 3.63) is 29.1 Å². The summed E-state index contributed by atoms with van der Waals surface area (Å²) in [6, 6.07) is 0.589. The molecular weight excluding hydrogens is 452 g/mol. The van der Waals surface area contributed by atoms with Gasteiger partial charge in [0.15, 0.2) is 17.5 Å². The normalized spacial score (nSPS) is 14.8. The van der Waals surface area contributed by atoms with Gasteiger partial charge in [-0.05, 0) is 30.6 Å². The lowest BCUT2D eigenvalue weighted by Crippen LogP contribution is -2.32. The maximum absolute atomic E-state index is 15.0. The monoisotopic (exact) mass is 495 g/mol. The van der Waals surface area contributed by atoms with E-state index in [1.807, 2.05) is 6.92 Å². The van der Waals surface area contributed by atoms with E-state index in [0.29, 0.717) is 37.4 Å². The third-order valence-corrected chi connectivity index (χ3v) is 6.99. The van der Waals surface area contributed by atoms with Crippen LogP contribution >= 0.6 is 0 Å². The van der Waals surface area contributed by atoms with Crippen molar-refractivity contribution >= 4 is 5.69 Å². The van der Waals surface area contributed by atoms with Crippen molar-refractivity contribution in [2.24, 2.45) is 17.8 Å². The molecule has 0 aliphatic heterocycles. The predicted octanol–water partition coefficient (Wildman–Crippen LogP) is 9.78. The minimum atomic E-state index is -5.32. The van der Waals surface area contributed by atoms with Crippen LogP contribution in [0.5, 0.6) is 0 Å². The molecule has 1 aromatic rings. The summed E-state index contributed by atoms with van der Waals surface area (Å²) < 4.78 is 83.2. The first-order valence-corrected chi connectivity index (χ1v) is 13.0. The molecule has 0 fully saturated rings. The number of anilines is 1. The number of hydrogen-bond donors (Lipinski definition) is 0.